The average molecular weight is 349 g/mol. The van der Waals surface area contributed by atoms with Gasteiger partial charge in [0, 0.05) is 5.56 Å². The van der Waals surface area contributed by atoms with Gasteiger partial charge in [0.25, 0.3) is 9.04 Å². The minimum atomic E-state index is -1.81. The molecule has 0 saturated carbocycles. The molecule has 0 spiro atoms. The Kier molecular flexibility index (Phi) is 4.24. The number of rotatable bonds is 4. The van der Waals surface area contributed by atoms with Crippen molar-refractivity contribution in [1.82, 2.24) is 0 Å². The fourth-order valence-corrected chi connectivity index (χ4v) is 5.69. The molecule has 0 bridgehead atoms. The normalized spacial score (nSPS) is 12.8. The van der Waals surface area contributed by atoms with E-state index < -0.39 is 9.04 Å². The molecule has 0 atom stereocenters. The minimum Gasteiger partial charge on any atom is -0.537 e. The third-order valence-electron chi connectivity index (χ3n) is 4.30. The van der Waals surface area contributed by atoms with E-state index in [4.69, 9.17) is 16.0 Å². The van der Waals surface area contributed by atoms with Crippen molar-refractivity contribution < 1.29 is 4.43 Å². The van der Waals surface area contributed by atoms with Crippen molar-refractivity contribution in [2.75, 3.05) is 0 Å². The summed E-state index contributed by atoms with van der Waals surface area (Å²) in [7, 11) is -1.81. The monoisotopic (exact) mass is 348 g/mol. The summed E-state index contributed by atoms with van der Waals surface area (Å²) in [6.07, 6.45) is 3.04. The van der Waals surface area contributed by atoms with Crippen molar-refractivity contribution in [2.45, 2.75) is 6.42 Å². The zero-order chi connectivity index (χ0) is 16.4. The molecule has 0 unspecified atom stereocenters. The number of allylic oxidation sites excluding steroid dienone is 1. The number of halogens is 1. The van der Waals surface area contributed by atoms with Gasteiger partial charge in [0.15, 0.2) is 0 Å². The van der Waals surface area contributed by atoms with Crippen molar-refractivity contribution in [3.8, 4) is 0 Å². The molecule has 118 valence electrons. The first-order valence-electron chi connectivity index (χ1n) is 8.07. The second kappa shape index (κ2) is 6.68. The number of benzene rings is 3. The van der Waals surface area contributed by atoms with Crippen LogP contribution in [0.15, 0.2) is 84.9 Å². The van der Waals surface area contributed by atoms with Gasteiger partial charge in [-0.05, 0) is 34.5 Å². The standard InChI is InChI=1S/C21H17ClOSi/c22-19-13-7-8-16-14-15-20(21(16)19)23-24(17-9-3-1-4-10-17)18-11-5-2-6-12-18/h1-13,15,24H,14H2. The Labute approximate surface area is 148 Å². The summed E-state index contributed by atoms with van der Waals surface area (Å²) in [6.45, 7) is 0. The van der Waals surface area contributed by atoms with Gasteiger partial charge in [-0.15, -0.1) is 0 Å². The van der Waals surface area contributed by atoms with Gasteiger partial charge >= 0.3 is 0 Å². The van der Waals surface area contributed by atoms with Crippen LogP contribution in [0.25, 0.3) is 5.76 Å². The first kappa shape index (κ1) is 15.2. The third kappa shape index (κ3) is 2.91. The molecule has 3 heteroatoms. The van der Waals surface area contributed by atoms with Crippen molar-refractivity contribution >= 4 is 36.8 Å². The lowest BCUT2D eigenvalue weighted by Gasteiger charge is -2.20. The van der Waals surface area contributed by atoms with E-state index in [0.29, 0.717) is 0 Å². The van der Waals surface area contributed by atoms with Crippen molar-refractivity contribution in [2.24, 2.45) is 0 Å². The highest BCUT2D eigenvalue weighted by Gasteiger charge is 2.25. The van der Waals surface area contributed by atoms with E-state index >= 15 is 0 Å². The zero-order valence-electron chi connectivity index (χ0n) is 13.2. The molecule has 0 aromatic heterocycles. The minimum absolute atomic E-state index is 0.769. The summed E-state index contributed by atoms with van der Waals surface area (Å²) >= 11 is 6.43. The van der Waals surface area contributed by atoms with Crippen LogP contribution < -0.4 is 10.4 Å². The lowest BCUT2D eigenvalue weighted by Crippen LogP contribution is -2.44. The predicted octanol–water partition coefficient (Wildman–Crippen LogP) is 3.79. The average Bonchev–Trinajstić information content (AvgIpc) is 3.05. The Morgan fingerprint density at radius 3 is 2.00 bits per heavy atom. The lowest BCUT2D eigenvalue weighted by atomic mass is 10.1. The maximum absolute atomic E-state index is 6.61. The SMILES string of the molecule is Clc1cccc2c1C(O[SiH](c1ccccc1)c1ccccc1)=CC2. The lowest BCUT2D eigenvalue weighted by molar-refractivity contribution is 0.549. The maximum atomic E-state index is 6.61. The molecule has 0 aliphatic heterocycles. The second-order valence-corrected chi connectivity index (χ2v) is 8.60. The van der Waals surface area contributed by atoms with Gasteiger partial charge in [0.05, 0.1) is 5.02 Å². The van der Waals surface area contributed by atoms with E-state index in [2.05, 4.69) is 60.7 Å². The van der Waals surface area contributed by atoms with Crippen LogP contribution in [-0.2, 0) is 10.8 Å². The van der Waals surface area contributed by atoms with Crippen LogP contribution in [0.3, 0.4) is 0 Å². The molecule has 0 heterocycles. The van der Waals surface area contributed by atoms with Gasteiger partial charge in [0.2, 0.25) is 0 Å². The summed E-state index contributed by atoms with van der Waals surface area (Å²) in [5, 5.41) is 3.31. The summed E-state index contributed by atoms with van der Waals surface area (Å²) in [5.74, 6) is 0.931. The Morgan fingerprint density at radius 2 is 1.38 bits per heavy atom. The van der Waals surface area contributed by atoms with Crippen LogP contribution in [0, 0.1) is 0 Å². The van der Waals surface area contributed by atoms with Crippen LogP contribution in [0.4, 0.5) is 0 Å². The molecule has 0 fully saturated rings. The van der Waals surface area contributed by atoms with Crippen molar-refractivity contribution in [3.05, 3.63) is 101 Å². The van der Waals surface area contributed by atoms with Crippen molar-refractivity contribution in [1.29, 1.82) is 0 Å². The maximum Gasteiger partial charge on any atom is 0.299 e. The zero-order valence-corrected chi connectivity index (χ0v) is 15.1. The quantitative estimate of drug-likeness (QED) is 0.652. The van der Waals surface area contributed by atoms with Crippen LogP contribution >= 0.6 is 11.6 Å². The molecule has 0 amide bonds. The molecule has 1 aliphatic rings. The van der Waals surface area contributed by atoms with Crippen LogP contribution in [-0.4, -0.2) is 9.04 Å². The van der Waals surface area contributed by atoms with Gasteiger partial charge in [-0.3, -0.25) is 0 Å². The highest BCUT2D eigenvalue weighted by atomic mass is 35.5. The number of hydrogen-bond donors (Lipinski definition) is 0. The van der Waals surface area contributed by atoms with E-state index in [1.807, 2.05) is 24.3 Å². The van der Waals surface area contributed by atoms with Gasteiger partial charge in [-0.2, -0.15) is 0 Å². The summed E-state index contributed by atoms with van der Waals surface area (Å²) < 4.78 is 6.61. The largest absolute Gasteiger partial charge is 0.537 e. The Bertz CT molecular complexity index is 835. The molecule has 1 nitrogen and oxygen atoms in total. The Morgan fingerprint density at radius 1 is 0.750 bits per heavy atom. The van der Waals surface area contributed by atoms with E-state index in [1.54, 1.807) is 0 Å². The summed E-state index contributed by atoms with van der Waals surface area (Å²) in [4.78, 5) is 0. The van der Waals surface area contributed by atoms with Gasteiger partial charge in [-0.1, -0.05) is 84.4 Å². The molecule has 4 rings (SSSR count). The predicted molar refractivity (Wildman–Crippen MR) is 104 cm³/mol. The molecular weight excluding hydrogens is 332 g/mol. The van der Waals surface area contributed by atoms with E-state index in [-0.39, 0.29) is 0 Å². The highest BCUT2D eigenvalue weighted by Crippen LogP contribution is 2.34. The number of fused-ring (bicyclic) bond motifs is 1. The van der Waals surface area contributed by atoms with Gasteiger partial charge in [-0.25, -0.2) is 0 Å². The van der Waals surface area contributed by atoms with E-state index in [0.717, 1.165) is 22.8 Å². The van der Waals surface area contributed by atoms with Crippen LogP contribution in [0.2, 0.25) is 5.02 Å². The highest BCUT2D eigenvalue weighted by molar-refractivity contribution is 6.80. The van der Waals surface area contributed by atoms with Gasteiger partial charge in [0.1, 0.15) is 5.76 Å². The van der Waals surface area contributed by atoms with Crippen LogP contribution in [0.1, 0.15) is 11.1 Å². The topological polar surface area (TPSA) is 9.23 Å². The summed E-state index contributed by atoms with van der Waals surface area (Å²) in [5.41, 5.74) is 2.30. The fraction of sp³-hybridized carbons (Fsp3) is 0.0476. The molecule has 0 radical (unpaired) electrons. The molecule has 24 heavy (non-hydrogen) atoms. The Balaban J connectivity index is 1.73. The number of hydrogen-bond acceptors (Lipinski definition) is 1. The summed E-state index contributed by atoms with van der Waals surface area (Å²) in [6, 6.07) is 27.1. The van der Waals surface area contributed by atoms with E-state index in [1.165, 1.54) is 15.9 Å². The smallest absolute Gasteiger partial charge is 0.299 e. The van der Waals surface area contributed by atoms with Crippen LogP contribution in [0.5, 0.6) is 0 Å². The molecule has 3 aromatic carbocycles. The Hall–Kier alpha value is -2.29. The molecular formula is C21H17ClOSi. The van der Waals surface area contributed by atoms with Crippen molar-refractivity contribution in [3.63, 3.8) is 0 Å². The second-order valence-electron chi connectivity index (χ2n) is 5.87. The first-order valence-corrected chi connectivity index (χ1v) is 10.1. The van der Waals surface area contributed by atoms with E-state index in [9.17, 15) is 0 Å². The molecule has 0 N–H and O–H groups in total. The fourth-order valence-electron chi connectivity index (χ4n) is 3.14. The molecule has 3 aromatic rings. The molecule has 1 aliphatic carbocycles. The third-order valence-corrected chi connectivity index (χ3v) is 7.09. The van der Waals surface area contributed by atoms with Gasteiger partial charge < -0.3 is 4.43 Å². The first-order chi connectivity index (χ1) is 11.8. The molecule has 0 saturated heterocycles.